The van der Waals surface area contributed by atoms with Crippen molar-refractivity contribution in [3.63, 3.8) is 0 Å². The lowest BCUT2D eigenvalue weighted by Crippen LogP contribution is -2.44. The van der Waals surface area contributed by atoms with E-state index in [1.54, 1.807) is 12.4 Å². The minimum Gasteiger partial charge on any atom is -0.383 e. The van der Waals surface area contributed by atoms with E-state index in [4.69, 9.17) is 4.98 Å². The molecule has 1 aliphatic rings. The van der Waals surface area contributed by atoms with E-state index in [-0.39, 0.29) is 5.92 Å². The molecule has 9 heteroatoms. The summed E-state index contributed by atoms with van der Waals surface area (Å²) in [7, 11) is 2.18. The topological polar surface area (TPSA) is 106 Å². The Morgan fingerprint density at radius 3 is 2.62 bits per heavy atom. The van der Waals surface area contributed by atoms with Gasteiger partial charge in [0.25, 0.3) is 0 Å². The molecule has 3 N–H and O–H groups in total. The Hall–Kier alpha value is -5.02. The Morgan fingerprint density at radius 2 is 1.79 bits per heavy atom. The molecule has 0 spiro atoms. The number of H-pyrrole nitrogens is 2. The van der Waals surface area contributed by atoms with Crippen LogP contribution in [0.3, 0.4) is 0 Å². The Bertz CT molecular complexity index is 1850. The highest BCUT2D eigenvalue weighted by Gasteiger charge is 2.19. The summed E-state index contributed by atoms with van der Waals surface area (Å²) >= 11 is 0. The average molecular weight is 557 g/mol. The number of rotatable bonds is 8. The molecule has 0 aliphatic carbocycles. The van der Waals surface area contributed by atoms with Crippen molar-refractivity contribution in [3.05, 3.63) is 90.9 Å². The van der Waals surface area contributed by atoms with Gasteiger partial charge < -0.3 is 24.9 Å². The summed E-state index contributed by atoms with van der Waals surface area (Å²) in [4.78, 5) is 29.3. The lowest BCUT2D eigenvalue weighted by Gasteiger charge is -2.34. The number of carbonyl (C=O) groups excluding carboxylic acids is 1. The first-order valence-electron chi connectivity index (χ1n) is 14.3. The van der Waals surface area contributed by atoms with Crippen molar-refractivity contribution in [3.8, 4) is 22.6 Å². The fourth-order valence-corrected chi connectivity index (χ4v) is 5.72. The molecule has 1 saturated heterocycles. The van der Waals surface area contributed by atoms with Gasteiger partial charge in [-0.05, 0) is 42.9 Å². The molecule has 7 rings (SSSR count). The second-order valence-electron chi connectivity index (χ2n) is 10.9. The van der Waals surface area contributed by atoms with Crippen LogP contribution in [0.5, 0.6) is 0 Å². The summed E-state index contributed by atoms with van der Waals surface area (Å²) in [5.41, 5.74) is 8.52. The van der Waals surface area contributed by atoms with E-state index < -0.39 is 0 Å². The summed E-state index contributed by atoms with van der Waals surface area (Å²) < 4.78 is 0. The number of benzene rings is 2. The van der Waals surface area contributed by atoms with Crippen LogP contribution in [0, 0.1) is 0 Å². The van der Waals surface area contributed by atoms with Gasteiger partial charge in [0.05, 0.1) is 34.7 Å². The molecule has 1 aliphatic heterocycles. The van der Waals surface area contributed by atoms with E-state index in [0.717, 1.165) is 82.8 Å². The number of aromatic nitrogens is 5. The fourth-order valence-electron chi connectivity index (χ4n) is 5.72. The number of piperazine rings is 1. The summed E-state index contributed by atoms with van der Waals surface area (Å²) in [6.07, 6.45) is 6.37. The minimum atomic E-state index is -0.245. The molecule has 5 heterocycles. The summed E-state index contributed by atoms with van der Waals surface area (Å²) in [6.45, 7) is 4.63. The van der Waals surface area contributed by atoms with E-state index in [1.165, 1.54) is 11.1 Å². The normalized spacial score (nSPS) is 14.8. The Morgan fingerprint density at radius 1 is 0.929 bits per heavy atom. The van der Waals surface area contributed by atoms with Crippen LogP contribution in [-0.2, 0) is 4.79 Å². The molecule has 0 bridgehead atoms. The Kier molecular flexibility index (Phi) is 6.85. The molecule has 2 aromatic carbocycles. The quantitative estimate of drug-likeness (QED) is 0.218. The molecule has 4 aromatic heterocycles. The van der Waals surface area contributed by atoms with Crippen LogP contribution < -0.4 is 10.2 Å². The van der Waals surface area contributed by atoms with Crippen molar-refractivity contribution < 1.29 is 4.79 Å². The van der Waals surface area contributed by atoms with Gasteiger partial charge in [0, 0.05) is 72.7 Å². The standard InChI is InChI=1S/C33H32N8O/c1-40-10-12-41(13-11-40)32-9-5-8-28-26(32)15-30(37-28)33-27-16-29(36-20-31(27)38-39-33)23-14-25(19-34-17-23)35-18-24(21-42)22-6-3-2-4-7-22/h2-9,14-17,19-21,24,35,37H,10-13,18H2,1H3,(H,38,39). The van der Waals surface area contributed by atoms with E-state index in [2.05, 4.69) is 72.7 Å². The van der Waals surface area contributed by atoms with Crippen LogP contribution in [-0.4, -0.2) is 76.1 Å². The maximum absolute atomic E-state index is 11.7. The SMILES string of the molecule is CN1CCN(c2cccc3[nH]c(-c4n[nH]c5cnc(-c6cncc(NCC(C=O)c7ccccc7)c6)cc45)cc23)CC1. The Labute approximate surface area is 243 Å². The number of nitrogens with zero attached hydrogens (tertiary/aromatic N) is 5. The second kappa shape index (κ2) is 11.1. The molecule has 210 valence electrons. The van der Waals surface area contributed by atoms with Gasteiger partial charge >= 0.3 is 0 Å². The van der Waals surface area contributed by atoms with Crippen molar-refractivity contribution in [1.82, 2.24) is 30.0 Å². The first kappa shape index (κ1) is 25.9. The number of hydrogen-bond acceptors (Lipinski definition) is 7. The third-order valence-corrected chi connectivity index (χ3v) is 8.14. The number of pyridine rings is 2. The van der Waals surface area contributed by atoms with Gasteiger partial charge in [0.15, 0.2) is 0 Å². The van der Waals surface area contributed by atoms with Crippen LogP contribution in [0.15, 0.2) is 85.3 Å². The van der Waals surface area contributed by atoms with Gasteiger partial charge in [0.2, 0.25) is 0 Å². The van der Waals surface area contributed by atoms with Crippen LogP contribution in [0.2, 0.25) is 0 Å². The molecule has 1 unspecified atom stereocenters. The zero-order valence-electron chi connectivity index (χ0n) is 23.4. The third kappa shape index (κ3) is 4.99. The fraction of sp³-hybridized carbons (Fsp3) is 0.212. The van der Waals surface area contributed by atoms with Crippen LogP contribution in [0.25, 0.3) is 44.5 Å². The van der Waals surface area contributed by atoms with Crippen molar-refractivity contribution >= 4 is 39.5 Å². The predicted octanol–water partition coefficient (Wildman–Crippen LogP) is 5.31. The Balaban J connectivity index is 1.17. The summed E-state index contributed by atoms with van der Waals surface area (Å²) in [5.74, 6) is -0.245. The lowest BCUT2D eigenvalue weighted by molar-refractivity contribution is -0.108. The molecule has 0 saturated carbocycles. The van der Waals surface area contributed by atoms with Gasteiger partial charge in [-0.25, -0.2) is 0 Å². The zero-order chi connectivity index (χ0) is 28.5. The number of nitrogens with one attached hydrogen (secondary N) is 3. The molecule has 0 amide bonds. The molecule has 1 fully saturated rings. The molecule has 9 nitrogen and oxygen atoms in total. The number of anilines is 2. The second-order valence-corrected chi connectivity index (χ2v) is 10.9. The van der Waals surface area contributed by atoms with Gasteiger partial charge in [-0.2, -0.15) is 5.10 Å². The van der Waals surface area contributed by atoms with Crippen molar-refractivity contribution in [2.24, 2.45) is 0 Å². The highest BCUT2D eigenvalue weighted by Crippen LogP contribution is 2.34. The average Bonchev–Trinajstić information content (AvgIpc) is 3.66. The lowest BCUT2D eigenvalue weighted by atomic mass is 10.0. The molecule has 6 aromatic rings. The molecule has 1 atom stereocenters. The van der Waals surface area contributed by atoms with Gasteiger partial charge in [-0.15, -0.1) is 0 Å². The van der Waals surface area contributed by atoms with Gasteiger partial charge in [-0.3, -0.25) is 15.1 Å². The number of aldehydes is 1. The largest absolute Gasteiger partial charge is 0.383 e. The van der Waals surface area contributed by atoms with Gasteiger partial charge in [-0.1, -0.05) is 36.4 Å². The number of fused-ring (bicyclic) bond motifs is 2. The molecular weight excluding hydrogens is 524 g/mol. The monoisotopic (exact) mass is 556 g/mol. The van der Waals surface area contributed by atoms with Crippen LogP contribution in [0.1, 0.15) is 11.5 Å². The number of carbonyl (C=O) groups is 1. The van der Waals surface area contributed by atoms with Crippen molar-refractivity contribution in [1.29, 1.82) is 0 Å². The first-order chi connectivity index (χ1) is 20.7. The maximum Gasteiger partial charge on any atom is 0.129 e. The smallest absolute Gasteiger partial charge is 0.129 e. The maximum atomic E-state index is 11.7. The minimum absolute atomic E-state index is 0.245. The third-order valence-electron chi connectivity index (χ3n) is 8.14. The summed E-state index contributed by atoms with van der Waals surface area (Å²) in [6, 6.07) is 22.5. The van der Waals surface area contributed by atoms with Crippen LogP contribution >= 0.6 is 0 Å². The number of hydrogen-bond donors (Lipinski definition) is 3. The number of aromatic amines is 2. The van der Waals surface area contributed by atoms with Gasteiger partial charge in [0.1, 0.15) is 12.0 Å². The van der Waals surface area contributed by atoms with Crippen molar-refractivity contribution in [2.45, 2.75) is 5.92 Å². The highest BCUT2D eigenvalue weighted by atomic mass is 16.1. The number of likely N-dealkylation sites (N-methyl/N-ethyl adjacent to an activating group) is 1. The van der Waals surface area contributed by atoms with Crippen LogP contribution in [0.4, 0.5) is 11.4 Å². The van der Waals surface area contributed by atoms with Crippen molar-refractivity contribution in [2.75, 3.05) is 50.0 Å². The predicted molar refractivity (Wildman–Crippen MR) is 168 cm³/mol. The van der Waals surface area contributed by atoms with E-state index in [1.807, 2.05) is 42.6 Å². The zero-order valence-corrected chi connectivity index (χ0v) is 23.4. The summed E-state index contributed by atoms with van der Waals surface area (Å²) in [5, 5.41) is 13.4. The molecule has 0 radical (unpaired) electrons. The molecular formula is C33H32N8O. The highest BCUT2D eigenvalue weighted by molar-refractivity contribution is 6.00. The van der Waals surface area contributed by atoms with E-state index >= 15 is 0 Å². The van der Waals surface area contributed by atoms with E-state index in [0.29, 0.717) is 6.54 Å². The van der Waals surface area contributed by atoms with E-state index in [9.17, 15) is 4.79 Å². The molecule has 42 heavy (non-hydrogen) atoms. The first-order valence-corrected chi connectivity index (χ1v) is 14.3.